The fraction of sp³-hybridized carbons (Fsp3) is 0.800. The van der Waals surface area contributed by atoms with Crippen LogP contribution < -0.4 is 0 Å². The third-order valence-electron chi connectivity index (χ3n) is 1.33. The van der Waals surface area contributed by atoms with Gasteiger partial charge in [-0.2, -0.15) is 0 Å². The molecule has 0 rings (SSSR count). The van der Waals surface area contributed by atoms with Gasteiger partial charge in [-0.15, -0.1) is 0 Å². The van der Waals surface area contributed by atoms with E-state index >= 15 is 0 Å². The van der Waals surface area contributed by atoms with E-state index < -0.39 is 5.30 Å². The second-order valence-electron chi connectivity index (χ2n) is 5.67. The molecule has 0 saturated carbocycles. The van der Waals surface area contributed by atoms with Crippen molar-refractivity contribution in [3.63, 3.8) is 0 Å². The van der Waals surface area contributed by atoms with Gasteiger partial charge in [0.25, 0.3) is 0 Å². The van der Waals surface area contributed by atoms with Gasteiger partial charge in [0.1, 0.15) is 0 Å². The van der Waals surface area contributed by atoms with Crippen LogP contribution in [0.15, 0.2) is 0 Å². The molecule has 0 amide bonds. The minimum atomic E-state index is -0.630. The predicted molar refractivity (Wildman–Crippen MR) is 154 cm³/mol. The molecule has 0 heterocycles. The normalized spacial score (nSPS) is 7.88. The Morgan fingerprint density at radius 2 is 0.906 bits per heavy atom. The summed E-state index contributed by atoms with van der Waals surface area (Å²) < 4.78 is 19.4. The number of carbonyl (C=O) groups excluding carboxylic acids is 2. The van der Waals surface area contributed by atoms with Gasteiger partial charge < -0.3 is 46.9 Å². The zero-order chi connectivity index (χ0) is 23.4. The summed E-state index contributed by atoms with van der Waals surface area (Å²) >= 11 is 22.4. The van der Waals surface area contributed by atoms with E-state index in [1.54, 1.807) is 27.7 Å². The van der Waals surface area contributed by atoms with Crippen molar-refractivity contribution in [2.75, 3.05) is 0 Å². The first-order valence-corrected chi connectivity index (χ1v) is 11.4. The molecule has 0 saturated heterocycles. The van der Waals surface area contributed by atoms with Crippen LogP contribution in [-0.4, -0.2) is 74.9 Å². The van der Waals surface area contributed by atoms with Crippen LogP contribution in [0.2, 0.25) is 0 Å². The van der Waals surface area contributed by atoms with Crippen molar-refractivity contribution in [1.29, 1.82) is 0 Å². The maximum absolute atomic E-state index is 9.98. The average molecular weight is 667 g/mol. The molecule has 0 fully saturated rings. The van der Waals surface area contributed by atoms with E-state index in [-0.39, 0.29) is 63.4 Å². The average Bonchev–Trinajstić information content (AvgIpc) is 2.32. The molecule has 0 aromatic carbocycles. The number of rotatable bonds is 4. The van der Waals surface area contributed by atoms with E-state index in [9.17, 15) is 9.59 Å². The van der Waals surface area contributed by atoms with Crippen molar-refractivity contribution in [2.45, 2.75) is 110 Å². The SMILES string of the molecule is C.C.C.C.CC(C)OC(=O)[S-].CC(C)OC(=O)[Se-].CC(C)OC(=S)[S-].CC(C)OC(=S)[Se-]. The Bertz CT molecular complexity index is 370. The molecule has 0 radical (unpaired) electrons. The second kappa shape index (κ2) is 35.8. The molecular weight excluding hydrogens is 622 g/mol. The Kier molecular flexibility index (Phi) is 59.8. The number of ether oxygens (including phenoxy) is 4. The molecular formula is C20H44O6S4Se2-4. The molecule has 12 heteroatoms. The van der Waals surface area contributed by atoms with E-state index in [1.165, 1.54) is 0 Å². The van der Waals surface area contributed by atoms with Gasteiger partial charge in [0.15, 0.2) is 5.30 Å². The third kappa shape index (κ3) is 98.1. The molecule has 200 valence electrons. The standard InChI is InChI=1S/C4H8O2S.C4H8O2Se.C4H8OS2.C4H8OSSe.4CH4/c2*1-3(2)6-4(5)7;2*1-3(2)5-4(6)7;;;;/h2*3H,1-2H3,(H,5,7);2*3H,1-2H3,(H,6,7);4*1H4/p-4. The van der Waals surface area contributed by atoms with Crippen LogP contribution in [0.4, 0.5) is 9.59 Å². The van der Waals surface area contributed by atoms with Gasteiger partial charge in [-0.25, -0.2) is 0 Å². The summed E-state index contributed by atoms with van der Waals surface area (Å²) in [6.45, 7) is 14.8. The Morgan fingerprint density at radius 1 is 0.625 bits per heavy atom. The maximum atomic E-state index is 9.98. The van der Waals surface area contributed by atoms with Crippen LogP contribution in [-0.2, 0) is 44.2 Å². The van der Waals surface area contributed by atoms with Gasteiger partial charge in [-0.1, -0.05) is 29.7 Å². The molecule has 0 aliphatic carbocycles. The molecule has 0 N–H and O–H groups in total. The summed E-state index contributed by atoms with van der Waals surface area (Å²) in [7, 11) is 0. The van der Waals surface area contributed by atoms with E-state index in [0.29, 0.717) is 3.95 Å². The topological polar surface area (TPSA) is 71.1 Å². The van der Waals surface area contributed by atoms with E-state index in [4.69, 9.17) is 9.47 Å². The number of thiocarbonyl (C=S) groups is 2. The van der Waals surface area contributed by atoms with Crippen molar-refractivity contribution < 1.29 is 28.5 Å². The zero-order valence-corrected chi connectivity index (χ0v) is 23.9. The van der Waals surface area contributed by atoms with Crippen LogP contribution in [0.1, 0.15) is 85.1 Å². The number of hydrogen-bond acceptors (Lipinski definition) is 10. The quantitative estimate of drug-likeness (QED) is 0.145. The number of carbonyl (C=O) groups is 2. The Balaban J connectivity index is -0.0000000384. The van der Waals surface area contributed by atoms with Crippen molar-refractivity contribution >= 4 is 100 Å². The molecule has 0 unspecified atom stereocenters. The van der Waals surface area contributed by atoms with E-state index in [1.807, 2.05) is 27.7 Å². The first-order chi connectivity index (χ1) is 12.5. The summed E-state index contributed by atoms with van der Waals surface area (Å²) in [6, 6.07) is 0. The summed E-state index contributed by atoms with van der Waals surface area (Å²) in [5.41, 5.74) is 0. The molecule has 0 bridgehead atoms. The van der Waals surface area contributed by atoms with Crippen LogP contribution in [0.3, 0.4) is 0 Å². The molecule has 0 aliphatic rings. The molecule has 32 heavy (non-hydrogen) atoms. The minimum absolute atomic E-state index is 0. The molecule has 0 aliphatic heterocycles. The van der Waals surface area contributed by atoms with Crippen molar-refractivity contribution in [2.24, 2.45) is 0 Å². The van der Waals surface area contributed by atoms with Crippen molar-refractivity contribution in [3.05, 3.63) is 0 Å². The third-order valence-corrected chi connectivity index (χ3v) is 2.12. The summed E-state index contributed by atoms with van der Waals surface area (Å²) in [5.74, 6) is 0. The van der Waals surface area contributed by atoms with Crippen molar-refractivity contribution in [3.8, 4) is 0 Å². The zero-order valence-electron chi connectivity index (χ0n) is 17.2. The van der Waals surface area contributed by atoms with Crippen LogP contribution in [0.25, 0.3) is 0 Å². The summed E-state index contributed by atoms with van der Waals surface area (Å²) in [6.07, 6.45) is 0.248. The number of hydrogen-bond donors (Lipinski definition) is 0. The van der Waals surface area contributed by atoms with Gasteiger partial charge in [-0.3, -0.25) is 4.79 Å². The molecule has 6 nitrogen and oxygen atoms in total. The summed E-state index contributed by atoms with van der Waals surface area (Å²) in [4.78, 5) is 19.5. The first-order valence-electron chi connectivity index (χ1n) is 8.01. The van der Waals surface area contributed by atoms with Crippen LogP contribution in [0, 0.1) is 0 Å². The monoisotopic (exact) mass is 668 g/mol. The Hall–Kier alpha value is 0.199. The molecule has 0 aromatic rings. The molecule has 0 atom stereocenters. The second-order valence-corrected chi connectivity index (χ2v) is 9.43. The Labute approximate surface area is 236 Å². The molecule has 0 spiro atoms. The fourth-order valence-electron chi connectivity index (χ4n) is 0.770. The summed E-state index contributed by atoms with van der Waals surface area (Å²) in [5, 5.41) is -0.630. The van der Waals surface area contributed by atoms with Gasteiger partial charge >= 0.3 is 107 Å². The van der Waals surface area contributed by atoms with Gasteiger partial charge in [0, 0.05) is 4.38 Å². The van der Waals surface area contributed by atoms with E-state index in [0.717, 1.165) is 0 Å². The van der Waals surface area contributed by atoms with Crippen molar-refractivity contribution in [1.82, 2.24) is 0 Å². The predicted octanol–water partition coefficient (Wildman–Crippen LogP) is 6.43. The van der Waals surface area contributed by atoms with Crippen LogP contribution in [0.5, 0.6) is 0 Å². The molecule has 0 aromatic heterocycles. The fourth-order valence-corrected chi connectivity index (χ4v) is 2.35. The first kappa shape index (κ1) is 53.5. The van der Waals surface area contributed by atoms with Gasteiger partial charge in [0.05, 0.1) is 12.2 Å². The van der Waals surface area contributed by atoms with E-state index in [2.05, 4.69) is 91.2 Å². The van der Waals surface area contributed by atoms with Crippen LogP contribution >= 0.6 is 24.4 Å². The Morgan fingerprint density at radius 3 is 0.906 bits per heavy atom. The van der Waals surface area contributed by atoms with Gasteiger partial charge in [0.2, 0.25) is 0 Å². The van der Waals surface area contributed by atoms with Gasteiger partial charge in [-0.05, 0) is 27.7 Å².